The number of aromatic nitrogens is 3. The second-order valence-electron chi connectivity index (χ2n) is 8.10. The van der Waals surface area contributed by atoms with E-state index in [0.717, 1.165) is 56.3 Å². The average Bonchev–Trinajstić information content (AvgIpc) is 3.23. The second kappa shape index (κ2) is 12.2. The summed E-state index contributed by atoms with van der Waals surface area (Å²) in [6.07, 6.45) is 5.00. The topological polar surface area (TPSA) is 69.8 Å². The summed E-state index contributed by atoms with van der Waals surface area (Å²) in [6.45, 7) is 8.13. The number of hydrogen-bond acceptors (Lipinski definition) is 4. The minimum Gasteiger partial charge on any atom is -0.357 e. The van der Waals surface area contributed by atoms with Gasteiger partial charge >= 0.3 is 0 Å². The minimum atomic E-state index is 0. The summed E-state index contributed by atoms with van der Waals surface area (Å²) in [5.74, 6) is 1.84. The molecule has 3 aromatic rings. The summed E-state index contributed by atoms with van der Waals surface area (Å²) < 4.78 is 2.03. The molecule has 2 N–H and O–H groups in total. The van der Waals surface area contributed by atoms with Gasteiger partial charge in [-0.05, 0) is 44.4 Å². The zero-order chi connectivity index (χ0) is 21.5. The van der Waals surface area contributed by atoms with Gasteiger partial charge in [-0.3, -0.25) is 14.3 Å². The third-order valence-corrected chi connectivity index (χ3v) is 6.03. The SMILES string of the molecule is CCNC(=NCCc1nnc2ccccn12)NC1CCN(C(C)c2ccccc2)CC1.I. The largest absolute Gasteiger partial charge is 0.357 e. The Balaban J connectivity index is 0.00000289. The molecule has 1 atom stereocenters. The predicted molar refractivity (Wildman–Crippen MR) is 141 cm³/mol. The van der Waals surface area contributed by atoms with Gasteiger partial charge in [0.25, 0.3) is 0 Å². The first-order chi connectivity index (χ1) is 15.2. The lowest BCUT2D eigenvalue weighted by molar-refractivity contribution is 0.158. The lowest BCUT2D eigenvalue weighted by Gasteiger charge is -2.37. The Kier molecular flexibility index (Phi) is 9.28. The number of piperidine rings is 1. The van der Waals surface area contributed by atoms with Crippen molar-refractivity contribution in [2.24, 2.45) is 4.99 Å². The Bertz CT molecular complexity index is 980. The van der Waals surface area contributed by atoms with Crippen molar-refractivity contribution in [3.8, 4) is 0 Å². The number of likely N-dealkylation sites (tertiary alicyclic amines) is 1. The number of aliphatic imine (C=N–C) groups is 1. The molecule has 7 nitrogen and oxygen atoms in total. The van der Waals surface area contributed by atoms with E-state index in [9.17, 15) is 0 Å². The fourth-order valence-corrected chi connectivity index (χ4v) is 4.22. The van der Waals surface area contributed by atoms with Crippen molar-refractivity contribution < 1.29 is 0 Å². The maximum absolute atomic E-state index is 4.79. The zero-order valence-electron chi connectivity index (χ0n) is 18.9. The normalized spacial score (nSPS) is 16.5. The van der Waals surface area contributed by atoms with Crippen LogP contribution in [0.4, 0.5) is 0 Å². The van der Waals surface area contributed by atoms with Gasteiger partial charge in [0.1, 0.15) is 5.82 Å². The van der Waals surface area contributed by atoms with Crippen LogP contribution in [0.2, 0.25) is 0 Å². The van der Waals surface area contributed by atoms with Crippen molar-refractivity contribution in [3.63, 3.8) is 0 Å². The molecule has 0 saturated carbocycles. The first kappa shape index (κ1) is 24.4. The number of guanidine groups is 1. The number of halogens is 1. The van der Waals surface area contributed by atoms with Crippen LogP contribution in [0.5, 0.6) is 0 Å². The molecule has 2 aromatic heterocycles. The Labute approximate surface area is 207 Å². The van der Waals surface area contributed by atoms with Gasteiger partial charge in [0.2, 0.25) is 0 Å². The van der Waals surface area contributed by atoms with Crippen LogP contribution in [0, 0.1) is 0 Å². The molecule has 8 heteroatoms. The predicted octanol–water partition coefficient (Wildman–Crippen LogP) is 3.67. The maximum atomic E-state index is 4.79. The maximum Gasteiger partial charge on any atom is 0.191 e. The van der Waals surface area contributed by atoms with E-state index in [-0.39, 0.29) is 24.0 Å². The van der Waals surface area contributed by atoms with Crippen LogP contribution in [-0.2, 0) is 6.42 Å². The number of nitrogens with one attached hydrogen (secondary N) is 2. The molecule has 0 amide bonds. The van der Waals surface area contributed by atoms with Crippen LogP contribution >= 0.6 is 24.0 Å². The van der Waals surface area contributed by atoms with E-state index >= 15 is 0 Å². The lowest BCUT2D eigenvalue weighted by atomic mass is 10.0. The van der Waals surface area contributed by atoms with E-state index < -0.39 is 0 Å². The monoisotopic (exact) mass is 547 g/mol. The van der Waals surface area contributed by atoms with Crippen molar-refractivity contribution in [2.75, 3.05) is 26.2 Å². The molecule has 32 heavy (non-hydrogen) atoms. The molecule has 1 aromatic carbocycles. The van der Waals surface area contributed by atoms with Crippen LogP contribution in [0.3, 0.4) is 0 Å². The molecule has 1 aliphatic heterocycles. The molecule has 1 fully saturated rings. The van der Waals surface area contributed by atoms with Gasteiger partial charge in [-0.25, -0.2) is 0 Å². The summed E-state index contributed by atoms with van der Waals surface area (Å²) in [7, 11) is 0. The van der Waals surface area contributed by atoms with Crippen LogP contribution in [0.25, 0.3) is 5.65 Å². The van der Waals surface area contributed by atoms with Gasteiger partial charge < -0.3 is 10.6 Å². The van der Waals surface area contributed by atoms with Crippen molar-refractivity contribution in [1.82, 2.24) is 30.1 Å². The van der Waals surface area contributed by atoms with Crippen LogP contribution in [0.1, 0.15) is 44.1 Å². The van der Waals surface area contributed by atoms with Gasteiger partial charge in [0, 0.05) is 50.9 Å². The van der Waals surface area contributed by atoms with Gasteiger partial charge in [0.15, 0.2) is 11.6 Å². The van der Waals surface area contributed by atoms with Gasteiger partial charge in [0.05, 0.1) is 0 Å². The van der Waals surface area contributed by atoms with Crippen molar-refractivity contribution >= 4 is 35.6 Å². The second-order valence-corrected chi connectivity index (χ2v) is 8.10. The molecule has 0 radical (unpaired) electrons. The highest BCUT2D eigenvalue weighted by Gasteiger charge is 2.24. The van der Waals surface area contributed by atoms with Crippen molar-refractivity contribution in [2.45, 2.75) is 45.2 Å². The smallest absolute Gasteiger partial charge is 0.191 e. The number of rotatable bonds is 7. The molecule has 1 unspecified atom stereocenters. The van der Waals surface area contributed by atoms with E-state index in [1.165, 1.54) is 5.56 Å². The molecule has 3 heterocycles. The first-order valence-corrected chi connectivity index (χ1v) is 11.4. The molecular formula is C24H34IN7. The molecule has 172 valence electrons. The third-order valence-electron chi connectivity index (χ3n) is 6.03. The number of nitrogens with zero attached hydrogens (tertiary/aromatic N) is 5. The van der Waals surface area contributed by atoms with E-state index in [1.54, 1.807) is 0 Å². The quantitative estimate of drug-likeness (QED) is 0.269. The van der Waals surface area contributed by atoms with Gasteiger partial charge in [-0.15, -0.1) is 34.2 Å². The Morgan fingerprint density at radius 1 is 1.09 bits per heavy atom. The fourth-order valence-electron chi connectivity index (χ4n) is 4.22. The Morgan fingerprint density at radius 2 is 1.84 bits per heavy atom. The fraction of sp³-hybridized carbons (Fsp3) is 0.458. The Hall–Kier alpha value is -2.20. The number of pyridine rings is 1. The summed E-state index contributed by atoms with van der Waals surface area (Å²) in [5, 5.41) is 15.6. The summed E-state index contributed by atoms with van der Waals surface area (Å²) >= 11 is 0. The first-order valence-electron chi connectivity index (χ1n) is 11.4. The number of fused-ring (bicyclic) bond motifs is 1. The van der Waals surface area contributed by atoms with Crippen molar-refractivity contribution in [3.05, 3.63) is 66.1 Å². The molecular weight excluding hydrogens is 513 g/mol. The third kappa shape index (κ3) is 6.19. The van der Waals surface area contributed by atoms with Crippen LogP contribution in [-0.4, -0.2) is 57.7 Å². The summed E-state index contributed by atoms with van der Waals surface area (Å²) in [5.41, 5.74) is 2.27. The van der Waals surface area contributed by atoms with Crippen molar-refractivity contribution in [1.29, 1.82) is 0 Å². The van der Waals surface area contributed by atoms with Gasteiger partial charge in [-0.1, -0.05) is 36.4 Å². The molecule has 0 spiro atoms. The summed E-state index contributed by atoms with van der Waals surface area (Å²) in [4.78, 5) is 7.37. The molecule has 4 rings (SSSR count). The molecule has 1 aliphatic rings. The van der Waals surface area contributed by atoms with E-state index in [0.29, 0.717) is 18.6 Å². The average molecular weight is 547 g/mol. The molecule has 0 bridgehead atoms. The van der Waals surface area contributed by atoms with Crippen LogP contribution in [0.15, 0.2) is 59.7 Å². The molecule has 1 saturated heterocycles. The van der Waals surface area contributed by atoms with E-state index in [1.807, 2.05) is 28.8 Å². The van der Waals surface area contributed by atoms with Crippen LogP contribution < -0.4 is 10.6 Å². The lowest BCUT2D eigenvalue weighted by Crippen LogP contribution is -2.49. The highest BCUT2D eigenvalue weighted by Crippen LogP contribution is 2.23. The highest BCUT2D eigenvalue weighted by molar-refractivity contribution is 14.0. The van der Waals surface area contributed by atoms with Gasteiger partial charge in [-0.2, -0.15) is 0 Å². The highest BCUT2D eigenvalue weighted by atomic mass is 127. The minimum absolute atomic E-state index is 0. The summed E-state index contributed by atoms with van der Waals surface area (Å²) in [6, 6.07) is 17.6. The standard InChI is InChI=1S/C24H33N7.HI/c1-3-25-24(26-15-12-23-29-28-22-11-7-8-16-31(22)23)27-21-13-17-30(18-14-21)19(2)20-9-5-4-6-10-20;/h4-11,16,19,21H,3,12-15,17-18H2,1-2H3,(H2,25,26,27);1H. The van der Waals surface area contributed by atoms with E-state index in [2.05, 4.69) is 69.9 Å². The van der Waals surface area contributed by atoms with E-state index in [4.69, 9.17) is 4.99 Å². The Morgan fingerprint density at radius 3 is 2.59 bits per heavy atom. The molecule has 0 aliphatic carbocycles. The number of benzene rings is 1. The zero-order valence-corrected chi connectivity index (χ0v) is 21.3. The number of hydrogen-bond donors (Lipinski definition) is 2.